The number of thiophene rings is 1. The predicted molar refractivity (Wildman–Crippen MR) is 91.8 cm³/mol. The fraction of sp³-hybridized carbons (Fsp3) is 0.467. The number of rotatable bonds is 5. The maximum atomic E-state index is 12.5. The van der Waals surface area contributed by atoms with Gasteiger partial charge in [-0.2, -0.15) is 0 Å². The molecule has 1 fully saturated rings. The summed E-state index contributed by atoms with van der Waals surface area (Å²) in [5.41, 5.74) is 0. The van der Waals surface area contributed by atoms with Crippen LogP contribution in [0.2, 0.25) is 0 Å². The second kappa shape index (κ2) is 7.54. The molecule has 0 spiro atoms. The summed E-state index contributed by atoms with van der Waals surface area (Å²) in [6.45, 7) is 3.03. The smallest absolute Gasteiger partial charge is 0.409 e. The van der Waals surface area contributed by atoms with Crippen LogP contribution in [0.1, 0.15) is 19.8 Å². The van der Waals surface area contributed by atoms with E-state index >= 15 is 0 Å². The third kappa shape index (κ3) is 4.20. The minimum Gasteiger partial charge on any atom is -0.450 e. The van der Waals surface area contributed by atoms with Crippen molar-refractivity contribution >= 4 is 27.5 Å². The van der Waals surface area contributed by atoms with Crippen LogP contribution >= 0.6 is 11.3 Å². The minimum absolute atomic E-state index is 0.202. The molecule has 0 aliphatic carbocycles. The van der Waals surface area contributed by atoms with Crippen molar-refractivity contribution in [2.45, 2.75) is 30.0 Å². The van der Waals surface area contributed by atoms with Crippen molar-refractivity contribution < 1.29 is 22.5 Å². The maximum Gasteiger partial charge on any atom is 0.409 e. The average Bonchev–Trinajstić information content (AvgIpc) is 3.27. The number of piperidine rings is 1. The van der Waals surface area contributed by atoms with Crippen LogP contribution in [-0.4, -0.2) is 50.3 Å². The SMILES string of the molecule is CCOC(=O)N1CCC(NS(=O)(=O)c2ccc(-c3ccno3)s2)CC1. The summed E-state index contributed by atoms with van der Waals surface area (Å²) < 4.78 is 38.1. The van der Waals surface area contributed by atoms with E-state index in [4.69, 9.17) is 9.26 Å². The molecule has 1 aliphatic rings. The molecule has 25 heavy (non-hydrogen) atoms. The molecule has 0 unspecified atom stereocenters. The highest BCUT2D eigenvalue weighted by Gasteiger charge is 2.28. The van der Waals surface area contributed by atoms with Crippen molar-refractivity contribution in [3.05, 3.63) is 24.4 Å². The summed E-state index contributed by atoms with van der Waals surface area (Å²) >= 11 is 1.13. The first-order chi connectivity index (χ1) is 12.0. The molecule has 3 rings (SSSR count). The Balaban J connectivity index is 1.60. The maximum absolute atomic E-state index is 12.5. The summed E-state index contributed by atoms with van der Waals surface area (Å²) in [4.78, 5) is 14.0. The van der Waals surface area contributed by atoms with Gasteiger partial charge in [0.15, 0.2) is 5.76 Å². The molecule has 10 heteroatoms. The molecule has 2 aromatic rings. The Hall–Kier alpha value is -1.91. The number of sulfonamides is 1. The molecular weight excluding hydrogens is 366 g/mol. The second-order valence-electron chi connectivity index (χ2n) is 5.58. The van der Waals surface area contributed by atoms with Gasteiger partial charge >= 0.3 is 6.09 Å². The van der Waals surface area contributed by atoms with Crippen LogP contribution in [0.15, 0.2) is 33.1 Å². The van der Waals surface area contributed by atoms with Crippen molar-refractivity contribution in [1.29, 1.82) is 0 Å². The van der Waals surface area contributed by atoms with E-state index in [9.17, 15) is 13.2 Å². The molecule has 1 aliphatic heterocycles. The standard InChI is InChI=1S/C15H19N3O5S2/c1-2-22-15(19)18-9-6-11(7-10-18)17-25(20,21)14-4-3-13(24-14)12-5-8-16-23-12/h3-5,8,11,17H,2,6-7,9-10H2,1H3. The van der Waals surface area contributed by atoms with E-state index in [1.54, 1.807) is 30.0 Å². The van der Waals surface area contributed by atoms with E-state index < -0.39 is 10.0 Å². The topological polar surface area (TPSA) is 102 Å². The lowest BCUT2D eigenvalue weighted by molar-refractivity contribution is 0.0966. The molecule has 1 amide bonds. The monoisotopic (exact) mass is 385 g/mol. The zero-order valence-electron chi connectivity index (χ0n) is 13.7. The van der Waals surface area contributed by atoms with Gasteiger partial charge in [-0.05, 0) is 31.9 Å². The summed E-state index contributed by atoms with van der Waals surface area (Å²) in [7, 11) is -3.61. The minimum atomic E-state index is -3.61. The zero-order valence-corrected chi connectivity index (χ0v) is 15.3. The molecule has 136 valence electrons. The second-order valence-corrected chi connectivity index (χ2v) is 8.60. The molecule has 0 bridgehead atoms. The van der Waals surface area contributed by atoms with E-state index in [1.165, 1.54) is 6.20 Å². The Morgan fingerprint density at radius 3 is 2.80 bits per heavy atom. The van der Waals surface area contributed by atoms with Crippen LogP contribution in [0.5, 0.6) is 0 Å². The lowest BCUT2D eigenvalue weighted by Gasteiger charge is -2.31. The zero-order chi connectivity index (χ0) is 17.9. The summed E-state index contributed by atoms with van der Waals surface area (Å²) in [6, 6.07) is 4.73. The first kappa shape index (κ1) is 17.9. The van der Waals surface area contributed by atoms with Crippen LogP contribution < -0.4 is 4.72 Å². The summed E-state index contributed by atoms with van der Waals surface area (Å²) in [5.74, 6) is 0.536. The van der Waals surface area contributed by atoms with Gasteiger partial charge in [-0.1, -0.05) is 5.16 Å². The van der Waals surface area contributed by atoms with Crippen molar-refractivity contribution in [3.8, 4) is 10.6 Å². The number of nitrogens with zero attached hydrogens (tertiary/aromatic N) is 2. The van der Waals surface area contributed by atoms with Gasteiger partial charge < -0.3 is 14.2 Å². The molecule has 2 aromatic heterocycles. The number of aromatic nitrogens is 1. The Bertz CT molecular complexity index is 808. The van der Waals surface area contributed by atoms with Crippen molar-refractivity contribution in [2.75, 3.05) is 19.7 Å². The Kier molecular flexibility index (Phi) is 5.40. The van der Waals surface area contributed by atoms with Gasteiger partial charge in [-0.3, -0.25) is 0 Å². The lowest BCUT2D eigenvalue weighted by atomic mass is 10.1. The largest absolute Gasteiger partial charge is 0.450 e. The van der Waals surface area contributed by atoms with Gasteiger partial charge in [0, 0.05) is 25.2 Å². The third-order valence-corrected chi connectivity index (χ3v) is 6.98. The highest BCUT2D eigenvalue weighted by atomic mass is 32.2. The number of carbonyl (C=O) groups excluding carboxylic acids is 1. The molecule has 0 atom stereocenters. The van der Waals surface area contributed by atoms with Gasteiger partial charge in [0.05, 0.1) is 17.7 Å². The molecule has 3 heterocycles. The van der Waals surface area contributed by atoms with Gasteiger partial charge in [-0.15, -0.1) is 11.3 Å². The predicted octanol–water partition coefficient (Wildman–Crippen LogP) is 2.30. The van der Waals surface area contributed by atoms with E-state index in [0.29, 0.717) is 43.2 Å². The number of ether oxygens (including phenoxy) is 1. The Labute approximate surface area is 149 Å². The quantitative estimate of drug-likeness (QED) is 0.847. The van der Waals surface area contributed by atoms with Crippen LogP contribution in [-0.2, 0) is 14.8 Å². The number of nitrogens with one attached hydrogen (secondary N) is 1. The fourth-order valence-corrected chi connectivity index (χ4v) is 5.20. The van der Waals surface area contributed by atoms with E-state index in [1.807, 2.05) is 0 Å². The van der Waals surface area contributed by atoms with Crippen LogP contribution in [0.25, 0.3) is 10.6 Å². The van der Waals surface area contributed by atoms with Crippen LogP contribution in [0.3, 0.4) is 0 Å². The van der Waals surface area contributed by atoms with Gasteiger partial charge in [0.2, 0.25) is 10.0 Å². The molecule has 1 N–H and O–H groups in total. The lowest BCUT2D eigenvalue weighted by Crippen LogP contribution is -2.46. The molecule has 8 nitrogen and oxygen atoms in total. The van der Waals surface area contributed by atoms with Gasteiger partial charge in [0.1, 0.15) is 4.21 Å². The van der Waals surface area contributed by atoms with E-state index in [-0.39, 0.29) is 16.3 Å². The molecular formula is C15H19N3O5S2. The summed E-state index contributed by atoms with van der Waals surface area (Å²) in [6.07, 6.45) is 2.27. The molecule has 0 saturated carbocycles. The van der Waals surface area contributed by atoms with Crippen LogP contribution in [0, 0.1) is 0 Å². The average molecular weight is 385 g/mol. The molecule has 0 radical (unpaired) electrons. The van der Waals surface area contributed by atoms with E-state index in [2.05, 4.69) is 9.88 Å². The van der Waals surface area contributed by atoms with Crippen LogP contribution in [0.4, 0.5) is 4.79 Å². The highest BCUT2D eigenvalue weighted by Crippen LogP contribution is 2.30. The number of likely N-dealkylation sites (tertiary alicyclic amines) is 1. The summed E-state index contributed by atoms with van der Waals surface area (Å²) in [5, 5.41) is 3.62. The highest BCUT2D eigenvalue weighted by molar-refractivity contribution is 7.91. The molecule has 1 saturated heterocycles. The molecule has 0 aromatic carbocycles. The Morgan fingerprint density at radius 1 is 1.40 bits per heavy atom. The van der Waals surface area contributed by atoms with E-state index in [0.717, 1.165) is 11.3 Å². The van der Waals surface area contributed by atoms with Crippen molar-refractivity contribution in [1.82, 2.24) is 14.8 Å². The third-order valence-electron chi connectivity index (χ3n) is 3.87. The Morgan fingerprint density at radius 2 is 2.16 bits per heavy atom. The fourth-order valence-electron chi connectivity index (χ4n) is 2.61. The first-order valence-electron chi connectivity index (χ1n) is 7.94. The number of hydrogen-bond acceptors (Lipinski definition) is 7. The van der Waals surface area contributed by atoms with Crippen molar-refractivity contribution in [2.24, 2.45) is 0 Å². The van der Waals surface area contributed by atoms with Gasteiger partial charge in [-0.25, -0.2) is 17.9 Å². The van der Waals surface area contributed by atoms with Gasteiger partial charge in [0.25, 0.3) is 0 Å². The number of amides is 1. The van der Waals surface area contributed by atoms with Crippen molar-refractivity contribution in [3.63, 3.8) is 0 Å². The normalized spacial score (nSPS) is 16.1. The number of hydrogen-bond donors (Lipinski definition) is 1. The first-order valence-corrected chi connectivity index (χ1v) is 10.2. The number of carbonyl (C=O) groups is 1.